The summed E-state index contributed by atoms with van der Waals surface area (Å²) in [6.07, 6.45) is 5.99. The molecular weight excluding hydrogens is 178 g/mol. The van der Waals surface area contributed by atoms with Crippen LogP contribution in [-0.2, 0) is 4.74 Å². The van der Waals surface area contributed by atoms with Crippen molar-refractivity contribution in [1.29, 1.82) is 0 Å². The highest BCUT2D eigenvalue weighted by Crippen LogP contribution is 2.27. The predicted molar refractivity (Wildman–Crippen MR) is 50.9 cm³/mol. The van der Waals surface area contributed by atoms with Crippen LogP contribution in [0.4, 0.5) is 0 Å². The van der Waals surface area contributed by atoms with E-state index in [9.17, 15) is 0 Å². The van der Waals surface area contributed by atoms with Gasteiger partial charge in [0, 0.05) is 18.9 Å². The molecule has 1 saturated heterocycles. The summed E-state index contributed by atoms with van der Waals surface area (Å²) < 4.78 is 7.48. The van der Waals surface area contributed by atoms with Gasteiger partial charge < -0.3 is 4.74 Å². The number of aromatic nitrogens is 3. The fourth-order valence-corrected chi connectivity index (χ4v) is 1.91. The molecular formula is C10H11N3O. The summed E-state index contributed by atoms with van der Waals surface area (Å²) in [4.78, 5) is 4.22. The molecule has 4 nitrogen and oxygen atoms in total. The third kappa shape index (κ3) is 1.11. The van der Waals surface area contributed by atoms with Crippen LogP contribution in [0.5, 0.6) is 0 Å². The predicted octanol–water partition coefficient (Wildman–Crippen LogP) is 1.58. The number of fused-ring (bicyclic) bond motifs is 1. The summed E-state index contributed by atoms with van der Waals surface area (Å²) in [5.74, 6) is 0. The van der Waals surface area contributed by atoms with E-state index in [4.69, 9.17) is 4.74 Å². The Labute approximate surface area is 81.5 Å². The first-order valence-electron chi connectivity index (χ1n) is 4.85. The minimum absolute atomic E-state index is 0.195. The monoisotopic (exact) mass is 189 g/mol. The normalized spacial score (nSPS) is 21.9. The zero-order chi connectivity index (χ0) is 9.38. The van der Waals surface area contributed by atoms with E-state index in [1.54, 1.807) is 6.20 Å². The Balaban J connectivity index is 2.14. The smallest absolute Gasteiger partial charge is 0.155 e. The van der Waals surface area contributed by atoms with Crippen molar-refractivity contribution in [1.82, 2.24) is 14.6 Å². The first-order valence-corrected chi connectivity index (χ1v) is 4.85. The number of hydrogen-bond acceptors (Lipinski definition) is 3. The van der Waals surface area contributed by atoms with Crippen molar-refractivity contribution in [2.45, 2.75) is 18.9 Å². The third-order valence-corrected chi connectivity index (χ3v) is 2.58. The lowest BCUT2D eigenvalue weighted by molar-refractivity contribution is 0.107. The second-order valence-electron chi connectivity index (χ2n) is 3.47. The molecule has 3 rings (SSSR count). The average Bonchev–Trinajstić information content (AvgIpc) is 2.88. The van der Waals surface area contributed by atoms with Crippen LogP contribution in [0, 0.1) is 0 Å². The fraction of sp³-hybridized carbons (Fsp3) is 0.400. The summed E-state index contributed by atoms with van der Waals surface area (Å²) >= 11 is 0. The van der Waals surface area contributed by atoms with Crippen molar-refractivity contribution >= 4 is 5.65 Å². The molecule has 0 spiro atoms. The Bertz CT molecular complexity index is 445. The van der Waals surface area contributed by atoms with Crippen LogP contribution in [0.15, 0.2) is 24.5 Å². The van der Waals surface area contributed by atoms with Crippen LogP contribution >= 0.6 is 0 Å². The summed E-state index contributed by atoms with van der Waals surface area (Å²) in [5, 5.41) is 4.24. The highest BCUT2D eigenvalue weighted by molar-refractivity contribution is 5.37. The molecule has 0 saturated carbocycles. The van der Waals surface area contributed by atoms with Gasteiger partial charge in [0.2, 0.25) is 0 Å². The lowest BCUT2D eigenvalue weighted by Gasteiger charge is -2.10. The lowest BCUT2D eigenvalue weighted by Crippen LogP contribution is -2.05. The summed E-state index contributed by atoms with van der Waals surface area (Å²) in [7, 11) is 0. The van der Waals surface area contributed by atoms with Crippen LogP contribution in [0.2, 0.25) is 0 Å². The van der Waals surface area contributed by atoms with Crippen molar-refractivity contribution in [2.24, 2.45) is 0 Å². The van der Waals surface area contributed by atoms with Gasteiger partial charge in [-0.2, -0.15) is 5.10 Å². The Morgan fingerprint density at radius 2 is 2.36 bits per heavy atom. The SMILES string of the molecule is c1cc(C2CCCO2)n2nccc2n1. The second kappa shape index (κ2) is 3.06. The Morgan fingerprint density at radius 3 is 3.21 bits per heavy atom. The van der Waals surface area contributed by atoms with E-state index in [2.05, 4.69) is 10.1 Å². The molecule has 2 aromatic rings. The van der Waals surface area contributed by atoms with Gasteiger partial charge in [0.1, 0.15) is 0 Å². The number of rotatable bonds is 1. The van der Waals surface area contributed by atoms with Crippen LogP contribution in [-0.4, -0.2) is 21.2 Å². The van der Waals surface area contributed by atoms with E-state index in [0.29, 0.717) is 0 Å². The van der Waals surface area contributed by atoms with Gasteiger partial charge in [-0.1, -0.05) is 0 Å². The van der Waals surface area contributed by atoms with Gasteiger partial charge >= 0.3 is 0 Å². The van der Waals surface area contributed by atoms with Gasteiger partial charge in [0.15, 0.2) is 5.65 Å². The highest BCUT2D eigenvalue weighted by atomic mass is 16.5. The highest BCUT2D eigenvalue weighted by Gasteiger charge is 2.20. The zero-order valence-electron chi connectivity index (χ0n) is 7.76. The summed E-state index contributed by atoms with van der Waals surface area (Å²) in [6.45, 7) is 0.857. The van der Waals surface area contributed by atoms with Crippen LogP contribution < -0.4 is 0 Å². The maximum atomic E-state index is 5.63. The minimum atomic E-state index is 0.195. The van der Waals surface area contributed by atoms with E-state index in [1.807, 2.05) is 22.8 Å². The molecule has 0 amide bonds. The average molecular weight is 189 g/mol. The summed E-state index contributed by atoms with van der Waals surface area (Å²) in [5.41, 5.74) is 2.00. The standard InChI is InChI=1S/C10H11N3O/c1-2-9(14-7-1)8-3-5-11-10-4-6-12-13(8)10/h3-6,9H,1-2,7H2. The molecule has 0 radical (unpaired) electrons. The molecule has 0 aliphatic carbocycles. The van der Waals surface area contributed by atoms with Crippen LogP contribution in [0.1, 0.15) is 24.6 Å². The molecule has 72 valence electrons. The Kier molecular flexibility index (Phi) is 1.73. The number of nitrogens with zero attached hydrogens (tertiary/aromatic N) is 3. The van der Waals surface area contributed by atoms with E-state index in [-0.39, 0.29) is 6.10 Å². The summed E-state index contributed by atoms with van der Waals surface area (Å²) in [6, 6.07) is 3.88. The second-order valence-corrected chi connectivity index (χ2v) is 3.47. The lowest BCUT2D eigenvalue weighted by atomic mass is 10.2. The first kappa shape index (κ1) is 7.94. The maximum absolute atomic E-state index is 5.63. The van der Waals surface area contributed by atoms with Gasteiger partial charge in [0.25, 0.3) is 0 Å². The van der Waals surface area contributed by atoms with Crippen molar-refractivity contribution in [2.75, 3.05) is 6.61 Å². The van der Waals surface area contributed by atoms with Crippen molar-refractivity contribution in [3.05, 3.63) is 30.2 Å². The van der Waals surface area contributed by atoms with Gasteiger partial charge in [0.05, 0.1) is 18.0 Å². The van der Waals surface area contributed by atoms with E-state index in [1.165, 1.54) is 0 Å². The van der Waals surface area contributed by atoms with Gasteiger partial charge in [-0.05, 0) is 18.9 Å². The number of hydrogen-bond donors (Lipinski definition) is 0. The molecule has 1 aliphatic heterocycles. The fourth-order valence-electron chi connectivity index (χ4n) is 1.91. The largest absolute Gasteiger partial charge is 0.372 e. The minimum Gasteiger partial charge on any atom is -0.372 e. The van der Waals surface area contributed by atoms with Crippen LogP contribution in [0.3, 0.4) is 0 Å². The molecule has 2 aromatic heterocycles. The molecule has 0 bridgehead atoms. The molecule has 0 N–H and O–H groups in total. The van der Waals surface area contributed by atoms with Crippen LogP contribution in [0.25, 0.3) is 5.65 Å². The van der Waals surface area contributed by atoms with Crippen molar-refractivity contribution in [3.8, 4) is 0 Å². The van der Waals surface area contributed by atoms with Gasteiger partial charge in [-0.3, -0.25) is 0 Å². The molecule has 1 fully saturated rings. The molecule has 14 heavy (non-hydrogen) atoms. The molecule has 1 atom stereocenters. The Morgan fingerprint density at radius 1 is 1.36 bits per heavy atom. The third-order valence-electron chi connectivity index (χ3n) is 2.58. The van der Waals surface area contributed by atoms with E-state index >= 15 is 0 Å². The van der Waals surface area contributed by atoms with Crippen molar-refractivity contribution in [3.63, 3.8) is 0 Å². The topological polar surface area (TPSA) is 39.4 Å². The maximum Gasteiger partial charge on any atom is 0.155 e. The van der Waals surface area contributed by atoms with Gasteiger partial charge in [-0.25, -0.2) is 9.50 Å². The molecule has 1 aliphatic rings. The van der Waals surface area contributed by atoms with Crippen molar-refractivity contribution < 1.29 is 4.74 Å². The zero-order valence-corrected chi connectivity index (χ0v) is 7.76. The molecule has 3 heterocycles. The quantitative estimate of drug-likeness (QED) is 0.683. The van der Waals surface area contributed by atoms with Gasteiger partial charge in [-0.15, -0.1) is 0 Å². The molecule has 1 unspecified atom stereocenters. The van der Waals surface area contributed by atoms with E-state index in [0.717, 1.165) is 30.8 Å². The molecule has 4 heteroatoms. The molecule has 0 aromatic carbocycles. The first-order chi connectivity index (χ1) is 6.95. The Hall–Kier alpha value is -1.42. The number of ether oxygens (including phenoxy) is 1. The van der Waals surface area contributed by atoms with E-state index < -0.39 is 0 Å².